The second kappa shape index (κ2) is 4.28. The SMILES string of the molecule is CC(C)(C)OC(=O)[C@H]1NCCC[C@@H]1O. The van der Waals surface area contributed by atoms with Crippen LogP contribution >= 0.6 is 0 Å². The molecule has 1 aliphatic heterocycles. The first-order chi connectivity index (χ1) is 6.40. The predicted molar refractivity (Wildman–Crippen MR) is 52.9 cm³/mol. The number of aliphatic hydroxyl groups excluding tert-OH is 1. The quantitative estimate of drug-likeness (QED) is 0.604. The molecular formula is C10H19NO3. The van der Waals surface area contributed by atoms with E-state index in [4.69, 9.17) is 4.74 Å². The minimum Gasteiger partial charge on any atom is -0.459 e. The van der Waals surface area contributed by atoms with Gasteiger partial charge in [-0.15, -0.1) is 0 Å². The molecule has 0 bridgehead atoms. The third-order valence-corrected chi connectivity index (χ3v) is 2.09. The van der Waals surface area contributed by atoms with Crippen molar-refractivity contribution in [2.24, 2.45) is 0 Å². The zero-order valence-corrected chi connectivity index (χ0v) is 9.04. The van der Waals surface area contributed by atoms with Crippen molar-refractivity contribution >= 4 is 5.97 Å². The molecule has 0 aromatic carbocycles. The summed E-state index contributed by atoms with van der Waals surface area (Å²) in [6, 6.07) is -0.553. The topological polar surface area (TPSA) is 58.6 Å². The molecule has 0 radical (unpaired) electrons. The zero-order chi connectivity index (χ0) is 10.8. The van der Waals surface area contributed by atoms with Gasteiger partial charge in [0, 0.05) is 0 Å². The van der Waals surface area contributed by atoms with E-state index in [1.165, 1.54) is 0 Å². The van der Waals surface area contributed by atoms with Crippen LogP contribution in [0, 0.1) is 0 Å². The molecule has 2 atom stereocenters. The number of carbonyl (C=O) groups excluding carboxylic acids is 1. The standard InChI is InChI=1S/C10H19NO3/c1-10(2,3)14-9(13)8-7(12)5-4-6-11-8/h7-8,11-12H,4-6H2,1-3H3/t7-,8-/m0/s1. The molecule has 4 heteroatoms. The van der Waals surface area contributed by atoms with E-state index in [0.717, 1.165) is 13.0 Å². The fourth-order valence-corrected chi connectivity index (χ4v) is 1.48. The second-order valence-electron chi connectivity index (χ2n) is 4.67. The normalized spacial score (nSPS) is 28.6. The summed E-state index contributed by atoms with van der Waals surface area (Å²) < 4.78 is 5.19. The van der Waals surface area contributed by atoms with Crippen LogP contribution in [0.3, 0.4) is 0 Å². The van der Waals surface area contributed by atoms with Crippen LogP contribution < -0.4 is 5.32 Å². The van der Waals surface area contributed by atoms with Gasteiger partial charge >= 0.3 is 5.97 Å². The summed E-state index contributed by atoms with van der Waals surface area (Å²) in [5.41, 5.74) is -0.490. The van der Waals surface area contributed by atoms with Crippen molar-refractivity contribution < 1.29 is 14.6 Å². The molecule has 1 saturated heterocycles. The van der Waals surface area contributed by atoms with Crippen LogP contribution in [0.1, 0.15) is 33.6 Å². The second-order valence-corrected chi connectivity index (χ2v) is 4.67. The molecule has 1 rings (SSSR count). The third-order valence-electron chi connectivity index (χ3n) is 2.09. The van der Waals surface area contributed by atoms with Crippen LogP contribution in [0.4, 0.5) is 0 Å². The van der Waals surface area contributed by atoms with E-state index >= 15 is 0 Å². The average molecular weight is 201 g/mol. The molecule has 2 N–H and O–H groups in total. The molecule has 1 fully saturated rings. The van der Waals surface area contributed by atoms with Crippen molar-refractivity contribution in [1.82, 2.24) is 5.32 Å². The average Bonchev–Trinajstić information content (AvgIpc) is 2.01. The number of esters is 1. The minimum atomic E-state index is -0.612. The van der Waals surface area contributed by atoms with E-state index in [2.05, 4.69) is 5.32 Å². The maximum atomic E-state index is 11.6. The zero-order valence-electron chi connectivity index (χ0n) is 9.04. The molecule has 0 unspecified atom stereocenters. The summed E-state index contributed by atoms with van der Waals surface area (Å²) in [5, 5.41) is 12.5. The van der Waals surface area contributed by atoms with Gasteiger partial charge in [0.1, 0.15) is 11.6 Å². The third kappa shape index (κ3) is 3.27. The van der Waals surface area contributed by atoms with Crippen molar-refractivity contribution in [3.05, 3.63) is 0 Å². The van der Waals surface area contributed by atoms with Crippen LogP contribution in [0.5, 0.6) is 0 Å². The number of carbonyl (C=O) groups is 1. The van der Waals surface area contributed by atoms with Gasteiger partial charge in [0.05, 0.1) is 6.10 Å². The number of hydrogen-bond donors (Lipinski definition) is 2. The summed E-state index contributed by atoms with van der Waals surface area (Å²) in [6.45, 7) is 6.22. The van der Waals surface area contributed by atoms with Crippen LogP contribution in [0.15, 0.2) is 0 Å². The van der Waals surface area contributed by atoms with Crippen LogP contribution in [-0.2, 0) is 9.53 Å². The van der Waals surface area contributed by atoms with Gasteiger partial charge in [-0.05, 0) is 40.2 Å². The molecule has 0 saturated carbocycles. The highest BCUT2D eigenvalue weighted by Crippen LogP contribution is 2.14. The summed E-state index contributed by atoms with van der Waals surface area (Å²) in [5.74, 6) is -0.357. The van der Waals surface area contributed by atoms with Crippen LogP contribution in [-0.4, -0.2) is 35.4 Å². The lowest BCUT2D eigenvalue weighted by molar-refractivity contribution is -0.161. The number of piperidine rings is 1. The molecular weight excluding hydrogens is 182 g/mol. The van der Waals surface area contributed by atoms with E-state index in [9.17, 15) is 9.90 Å². The van der Waals surface area contributed by atoms with Crippen molar-refractivity contribution in [1.29, 1.82) is 0 Å². The fourth-order valence-electron chi connectivity index (χ4n) is 1.48. The smallest absolute Gasteiger partial charge is 0.326 e. The van der Waals surface area contributed by atoms with Gasteiger partial charge in [-0.3, -0.25) is 4.79 Å². The minimum absolute atomic E-state index is 0.357. The molecule has 0 aromatic rings. The Balaban J connectivity index is 2.50. The van der Waals surface area contributed by atoms with E-state index in [0.29, 0.717) is 6.42 Å². The summed E-state index contributed by atoms with van der Waals surface area (Å²) in [6.07, 6.45) is 0.954. The molecule has 0 aromatic heterocycles. The van der Waals surface area contributed by atoms with Gasteiger partial charge in [0.2, 0.25) is 0 Å². The van der Waals surface area contributed by atoms with Crippen LogP contribution in [0.25, 0.3) is 0 Å². The van der Waals surface area contributed by atoms with E-state index < -0.39 is 17.7 Å². The lowest BCUT2D eigenvalue weighted by Crippen LogP contribution is -2.52. The van der Waals surface area contributed by atoms with Crippen molar-refractivity contribution in [3.63, 3.8) is 0 Å². The molecule has 1 aliphatic rings. The molecule has 14 heavy (non-hydrogen) atoms. The molecule has 1 heterocycles. The number of rotatable bonds is 1. The molecule has 0 spiro atoms. The summed E-state index contributed by atoms with van der Waals surface area (Å²) in [7, 11) is 0. The molecule has 4 nitrogen and oxygen atoms in total. The largest absolute Gasteiger partial charge is 0.459 e. The number of hydrogen-bond acceptors (Lipinski definition) is 4. The Morgan fingerprint density at radius 2 is 2.14 bits per heavy atom. The highest BCUT2D eigenvalue weighted by Gasteiger charge is 2.32. The van der Waals surface area contributed by atoms with Crippen molar-refractivity contribution in [3.8, 4) is 0 Å². The molecule has 0 amide bonds. The number of aliphatic hydroxyl groups is 1. The Hall–Kier alpha value is -0.610. The highest BCUT2D eigenvalue weighted by atomic mass is 16.6. The monoisotopic (exact) mass is 201 g/mol. The van der Waals surface area contributed by atoms with Gasteiger partial charge in [-0.1, -0.05) is 0 Å². The van der Waals surface area contributed by atoms with Crippen molar-refractivity contribution in [2.75, 3.05) is 6.54 Å². The van der Waals surface area contributed by atoms with Crippen LogP contribution in [0.2, 0.25) is 0 Å². The van der Waals surface area contributed by atoms with Gasteiger partial charge in [0.25, 0.3) is 0 Å². The summed E-state index contributed by atoms with van der Waals surface area (Å²) >= 11 is 0. The molecule has 0 aliphatic carbocycles. The van der Waals surface area contributed by atoms with Gasteiger partial charge in [0.15, 0.2) is 0 Å². The Morgan fingerprint density at radius 3 is 2.64 bits per heavy atom. The lowest BCUT2D eigenvalue weighted by atomic mass is 10.0. The Bertz CT molecular complexity index is 210. The lowest BCUT2D eigenvalue weighted by Gasteiger charge is -2.30. The Labute approximate surface area is 84.6 Å². The Morgan fingerprint density at radius 1 is 1.50 bits per heavy atom. The maximum absolute atomic E-state index is 11.6. The number of nitrogens with one attached hydrogen (secondary N) is 1. The van der Waals surface area contributed by atoms with Gasteiger partial charge in [-0.2, -0.15) is 0 Å². The first-order valence-electron chi connectivity index (χ1n) is 5.04. The maximum Gasteiger partial charge on any atom is 0.326 e. The van der Waals surface area contributed by atoms with Gasteiger partial charge in [-0.25, -0.2) is 0 Å². The van der Waals surface area contributed by atoms with E-state index in [1.54, 1.807) is 0 Å². The Kier molecular flexibility index (Phi) is 3.50. The summed E-state index contributed by atoms with van der Waals surface area (Å²) in [4.78, 5) is 11.6. The first-order valence-corrected chi connectivity index (χ1v) is 5.04. The predicted octanol–water partition coefficient (Wildman–Crippen LogP) is 0.441. The van der Waals surface area contributed by atoms with E-state index in [-0.39, 0.29) is 5.97 Å². The number of ether oxygens (including phenoxy) is 1. The van der Waals surface area contributed by atoms with Crippen molar-refractivity contribution in [2.45, 2.75) is 51.4 Å². The highest BCUT2D eigenvalue weighted by molar-refractivity contribution is 5.77. The van der Waals surface area contributed by atoms with E-state index in [1.807, 2.05) is 20.8 Å². The van der Waals surface area contributed by atoms with Gasteiger partial charge < -0.3 is 15.2 Å². The molecule has 82 valence electrons. The first kappa shape index (κ1) is 11.5. The fraction of sp³-hybridized carbons (Fsp3) is 0.900.